The van der Waals surface area contributed by atoms with Gasteiger partial charge in [0.25, 0.3) is 0 Å². The van der Waals surface area contributed by atoms with Crippen LogP contribution in [0.3, 0.4) is 0 Å². The highest BCUT2D eigenvalue weighted by atomic mass is 32.2. The van der Waals surface area contributed by atoms with E-state index in [9.17, 15) is 4.79 Å². The third kappa shape index (κ3) is 2.88. The fraction of sp³-hybridized carbons (Fsp3) is 0.167. The van der Waals surface area contributed by atoms with Gasteiger partial charge in [-0.15, -0.1) is 0 Å². The van der Waals surface area contributed by atoms with Crippen molar-refractivity contribution in [2.24, 2.45) is 5.73 Å². The van der Waals surface area contributed by atoms with E-state index < -0.39 is 0 Å². The summed E-state index contributed by atoms with van der Waals surface area (Å²) < 4.78 is 1.95. The summed E-state index contributed by atoms with van der Waals surface area (Å²) in [6.07, 6.45) is 3.59. The minimum Gasteiger partial charge on any atom is -0.369 e. The maximum atomic E-state index is 10.8. The molecule has 0 saturated carbocycles. The van der Waals surface area contributed by atoms with Crippen LogP contribution in [-0.2, 0) is 4.79 Å². The number of hydrogen-bond acceptors (Lipinski definition) is 3. The van der Waals surface area contributed by atoms with Gasteiger partial charge in [0.15, 0.2) is 5.16 Å². The fourth-order valence-corrected chi connectivity index (χ4v) is 2.22. The number of aryl methyl sites for hydroxylation is 1. The Labute approximate surface area is 104 Å². The van der Waals surface area contributed by atoms with Crippen molar-refractivity contribution in [1.82, 2.24) is 9.55 Å². The number of thioether (sulfide) groups is 1. The maximum Gasteiger partial charge on any atom is 0.227 e. The Morgan fingerprint density at radius 2 is 2.35 bits per heavy atom. The van der Waals surface area contributed by atoms with Crippen LogP contribution in [0.5, 0.6) is 0 Å². The van der Waals surface area contributed by atoms with Gasteiger partial charge in [0.05, 0.1) is 5.75 Å². The van der Waals surface area contributed by atoms with Crippen molar-refractivity contribution in [3.8, 4) is 5.69 Å². The molecule has 0 aliphatic rings. The molecule has 0 atom stereocenters. The molecule has 5 heteroatoms. The molecular formula is C12H13N3OS. The molecule has 1 heterocycles. The Kier molecular flexibility index (Phi) is 3.49. The van der Waals surface area contributed by atoms with Gasteiger partial charge in [-0.3, -0.25) is 9.36 Å². The Balaban J connectivity index is 2.27. The lowest BCUT2D eigenvalue weighted by molar-refractivity contribution is -0.115. The molecule has 1 aromatic carbocycles. The number of benzene rings is 1. The topological polar surface area (TPSA) is 60.9 Å². The second kappa shape index (κ2) is 5.05. The number of imidazole rings is 1. The van der Waals surface area contributed by atoms with Crippen LogP contribution < -0.4 is 5.73 Å². The molecule has 0 aliphatic heterocycles. The smallest absolute Gasteiger partial charge is 0.227 e. The molecule has 4 nitrogen and oxygen atoms in total. The zero-order valence-corrected chi connectivity index (χ0v) is 10.3. The van der Waals surface area contributed by atoms with E-state index in [1.807, 2.05) is 35.9 Å². The number of aromatic nitrogens is 2. The Morgan fingerprint density at radius 1 is 1.53 bits per heavy atom. The van der Waals surface area contributed by atoms with Crippen LogP contribution >= 0.6 is 11.8 Å². The molecule has 2 rings (SSSR count). The molecule has 0 fully saturated rings. The van der Waals surface area contributed by atoms with E-state index in [0.717, 1.165) is 10.8 Å². The van der Waals surface area contributed by atoms with E-state index in [1.54, 1.807) is 6.20 Å². The fourth-order valence-electron chi connectivity index (χ4n) is 1.51. The highest BCUT2D eigenvalue weighted by Crippen LogP contribution is 2.20. The predicted octanol–water partition coefficient (Wildman–Crippen LogP) is 1.76. The highest BCUT2D eigenvalue weighted by Gasteiger charge is 2.07. The average Bonchev–Trinajstić information content (AvgIpc) is 2.74. The first-order valence-electron chi connectivity index (χ1n) is 5.18. The SMILES string of the molecule is Cc1cccc(-n2ccnc2SCC(N)=O)c1. The quantitative estimate of drug-likeness (QED) is 0.837. The Hall–Kier alpha value is -1.75. The largest absolute Gasteiger partial charge is 0.369 e. The van der Waals surface area contributed by atoms with Crippen molar-refractivity contribution in [2.45, 2.75) is 12.1 Å². The molecule has 0 bridgehead atoms. The van der Waals surface area contributed by atoms with Gasteiger partial charge >= 0.3 is 0 Å². The van der Waals surface area contributed by atoms with E-state index in [0.29, 0.717) is 0 Å². The maximum absolute atomic E-state index is 10.8. The number of carbonyl (C=O) groups is 1. The van der Waals surface area contributed by atoms with E-state index >= 15 is 0 Å². The molecule has 0 radical (unpaired) electrons. The third-order valence-corrected chi connectivity index (χ3v) is 3.22. The second-order valence-corrected chi connectivity index (χ2v) is 4.62. The van der Waals surface area contributed by atoms with Crippen molar-refractivity contribution in [3.05, 3.63) is 42.2 Å². The lowest BCUT2D eigenvalue weighted by Gasteiger charge is -2.07. The highest BCUT2D eigenvalue weighted by molar-refractivity contribution is 7.99. The number of carbonyl (C=O) groups excluding carboxylic acids is 1. The van der Waals surface area contributed by atoms with Crippen molar-refractivity contribution in [2.75, 3.05) is 5.75 Å². The van der Waals surface area contributed by atoms with Gasteiger partial charge in [-0.1, -0.05) is 23.9 Å². The summed E-state index contributed by atoms with van der Waals surface area (Å²) in [7, 11) is 0. The third-order valence-electron chi connectivity index (χ3n) is 2.23. The first-order chi connectivity index (χ1) is 8.16. The van der Waals surface area contributed by atoms with Crippen LogP contribution in [0.4, 0.5) is 0 Å². The molecule has 1 aromatic heterocycles. The first-order valence-corrected chi connectivity index (χ1v) is 6.17. The molecule has 17 heavy (non-hydrogen) atoms. The second-order valence-electron chi connectivity index (χ2n) is 3.67. The lowest BCUT2D eigenvalue weighted by Crippen LogP contribution is -2.13. The zero-order valence-electron chi connectivity index (χ0n) is 9.46. The Bertz CT molecular complexity index is 536. The summed E-state index contributed by atoms with van der Waals surface area (Å²) in [4.78, 5) is 15.0. The summed E-state index contributed by atoms with van der Waals surface area (Å²) >= 11 is 1.34. The van der Waals surface area contributed by atoms with Gasteiger partial charge in [0.2, 0.25) is 5.91 Å². The zero-order chi connectivity index (χ0) is 12.3. The summed E-state index contributed by atoms with van der Waals surface area (Å²) in [5.74, 6) is -0.100. The molecule has 88 valence electrons. The summed E-state index contributed by atoms with van der Waals surface area (Å²) in [5, 5.41) is 0.773. The van der Waals surface area contributed by atoms with Crippen LogP contribution in [0.15, 0.2) is 41.8 Å². The molecule has 0 aliphatic carbocycles. The lowest BCUT2D eigenvalue weighted by atomic mass is 10.2. The minimum absolute atomic E-state index is 0.239. The molecule has 0 saturated heterocycles. The molecule has 0 unspecified atom stereocenters. The van der Waals surface area contributed by atoms with Crippen LogP contribution in [0, 0.1) is 6.92 Å². The first kappa shape index (κ1) is 11.7. The summed E-state index contributed by atoms with van der Waals surface area (Å²) in [5.41, 5.74) is 7.34. The number of nitrogens with two attached hydrogens (primary N) is 1. The van der Waals surface area contributed by atoms with E-state index in [1.165, 1.54) is 17.3 Å². The molecule has 1 amide bonds. The normalized spacial score (nSPS) is 10.4. The van der Waals surface area contributed by atoms with Crippen molar-refractivity contribution < 1.29 is 4.79 Å². The van der Waals surface area contributed by atoms with Crippen LogP contribution in [0.25, 0.3) is 5.69 Å². The van der Waals surface area contributed by atoms with Gasteiger partial charge in [0, 0.05) is 18.1 Å². The van der Waals surface area contributed by atoms with Crippen LogP contribution in [0.2, 0.25) is 0 Å². The molecule has 2 aromatic rings. The van der Waals surface area contributed by atoms with E-state index in [-0.39, 0.29) is 11.7 Å². The van der Waals surface area contributed by atoms with Gasteiger partial charge in [-0.25, -0.2) is 4.98 Å². The van der Waals surface area contributed by atoms with Crippen molar-refractivity contribution >= 4 is 17.7 Å². The number of rotatable bonds is 4. The van der Waals surface area contributed by atoms with Crippen molar-refractivity contribution in [1.29, 1.82) is 0 Å². The summed E-state index contributed by atoms with van der Waals surface area (Å²) in [6, 6.07) is 8.10. The van der Waals surface area contributed by atoms with E-state index in [4.69, 9.17) is 5.73 Å². The van der Waals surface area contributed by atoms with Gasteiger partial charge < -0.3 is 5.73 Å². The predicted molar refractivity (Wildman–Crippen MR) is 68.2 cm³/mol. The number of primary amides is 1. The number of hydrogen-bond donors (Lipinski definition) is 1. The Morgan fingerprint density at radius 3 is 3.06 bits per heavy atom. The molecule has 0 spiro atoms. The van der Waals surface area contributed by atoms with E-state index in [2.05, 4.69) is 11.1 Å². The van der Waals surface area contributed by atoms with Gasteiger partial charge in [0.1, 0.15) is 0 Å². The molecule has 2 N–H and O–H groups in total. The number of nitrogens with zero attached hydrogens (tertiary/aromatic N) is 2. The van der Waals surface area contributed by atoms with Crippen LogP contribution in [-0.4, -0.2) is 21.2 Å². The minimum atomic E-state index is -0.339. The summed E-state index contributed by atoms with van der Waals surface area (Å²) in [6.45, 7) is 2.04. The monoisotopic (exact) mass is 247 g/mol. The van der Waals surface area contributed by atoms with Crippen molar-refractivity contribution in [3.63, 3.8) is 0 Å². The average molecular weight is 247 g/mol. The number of amides is 1. The van der Waals surface area contributed by atoms with Gasteiger partial charge in [-0.2, -0.15) is 0 Å². The standard InChI is InChI=1S/C12H13N3OS/c1-9-3-2-4-10(7-9)15-6-5-14-12(15)17-8-11(13)16/h2-7H,8H2,1H3,(H2,13,16). The van der Waals surface area contributed by atoms with Gasteiger partial charge in [-0.05, 0) is 24.6 Å². The van der Waals surface area contributed by atoms with Crippen LogP contribution in [0.1, 0.15) is 5.56 Å². The molecular weight excluding hydrogens is 234 g/mol.